The zero-order valence-corrected chi connectivity index (χ0v) is 54.2. The molecule has 0 aliphatic heterocycles. The van der Waals surface area contributed by atoms with Crippen LogP contribution in [0.5, 0.6) is 0 Å². The molecule has 0 saturated heterocycles. The average molecular weight is 1150 g/mol. The number of rotatable bonds is 42. The third kappa shape index (κ3) is 32.6. The minimum absolute atomic E-state index is 0.833. The molecule has 0 spiro atoms. The van der Waals surface area contributed by atoms with Gasteiger partial charge in [-0.05, 0) is 128 Å². The van der Waals surface area contributed by atoms with Crippen molar-refractivity contribution in [1.29, 1.82) is 0 Å². The summed E-state index contributed by atoms with van der Waals surface area (Å²) in [6.07, 6.45) is 55.3. The van der Waals surface area contributed by atoms with Crippen molar-refractivity contribution in [1.82, 2.24) is 29.9 Å². The molecule has 0 fully saturated rings. The maximum Gasteiger partial charge on any atom is 0.159 e. The van der Waals surface area contributed by atoms with Crippen LogP contribution in [0, 0.1) is 0 Å². The first-order chi connectivity index (χ1) is 40.0. The highest BCUT2D eigenvalue weighted by atomic mass is 32.2. The summed E-state index contributed by atoms with van der Waals surface area (Å²) in [7, 11) is 0. The Bertz CT molecular complexity index is 2360. The number of aromatic nitrogens is 6. The molecule has 3 aromatic heterocycles. The molecule has 444 valence electrons. The molecule has 0 unspecified atom stereocenters. The Morgan fingerprint density at radius 2 is 0.432 bits per heavy atom. The molecule has 9 heteroatoms. The molecule has 0 bridgehead atoms. The van der Waals surface area contributed by atoms with E-state index in [1.165, 1.54) is 241 Å². The van der Waals surface area contributed by atoms with Gasteiger partial charge in [-0.1, -0.05) is 232 Å². The van der Waals surface area contributed by atoms with Gasteiger partial charge in [0.1, 0.15) is 0 Å². The number of hydrogen-bond donors (Lipinski definition) is 0. The summed E-state index contributed by atoms with van der Waals surface area (Å²) < 4.78 is 0. The summed E-state index contributed by atoms with van der Waals surface area (Å²) in [5.74, 6) is 6.12. The molecule has 0 N–H and O–H groups in total. The molecule has 6 rings (SSSR count). The first-order valence-electron chi connectivity index (χ1n) is 32.6. The van der Waals surface area contributed by atoms with Gasteiger partial charge < -0.3 is 0 Å². The summed E-state index contributed by atoms with van der Waals surface area (Å²) in [5, 5.41) is 0. The van der Waals surface area contributed by atoms with Crippen LogP contribution in [-0.4, -0.2) is 47.2 Å². The van der Waals surface area contributed by atoms with E-state index < -0.39 is 0 Å². The lowest BCUT2D eigenvalue weighted by atomic mass is 10.1. The standard InChI is InChI=1S/C25H38N2S.C24H36N2S.C23H34N2S/c1-3-5-7-8-9-10-11-12-14-22-20-26-25(27-21-22)23-15-17-24(18-16-23)28-19-13-6-4-2;1-3-5-7-8-9-10-11-13-21-19-25-24(26-20-21)22-14-16-23(17-15-22)27-18-12-6-4-2;1-3-5-7-8-9-10-12-20-18-24-23(25-19-20)21-13-15-22(16-14-21)26-17-11-6-4-2/h15-18,20-21H,3-14,19H2,1-2H3;14-17,19-20H,3-13,18H2,1-2H3;13-16,18-19H,3-12,17H2,1-2H3. The van der Waals surface area contributed by atoms with E-state index in [2.05, 4.69) is 144 Å². The average Bonchev–Trinajstić information content (AvgIpc) is 3.51. The van der Waals surface area contributed by atoms with Crippen molar-refractivity contribution in [2.75, 3.05) is 17.3 Å². The highest BCUT2D eigenvalue weighted by molar-refractivity contribution is 7.99. The van der Waals surface area contributed by atoms with Crippen LogP contribution < -0.4 is 0 Å². The van der Waals surface area contributed by atoms with Crippen molar-refractivity contribution in [3.05, 3.63) is 127 Å². The maximum atomic E-state index is 4.60. The van der Waals surface area contributed by atoms with Gasteiger partial charge in [0.05, 0.1) is 0 Å². The first-order valence-corrected chi connectivity index (χ1v) is 35.6. The van der Waals surface area contributed by atoms with Crippen LogP contribution in [0.2, 0.25) is 0 Å². The molecule has 6 aromatic rings. The van der Waals surface area contributed by atoms with Crippen LogP contribution in [0.15, 0.2) is 125 Å². The van der Waals surface area contributed by atoms with Crippen molar-refractivity contribution in [3.63, 3.8) is 0 Å². The van der Waals surface area contributed by atoms with Crippen LogP contribution in [0.25, 0.3) is 34.2 Å². The van der Waals surface area contributed by atoms with Gasteiger partial charge in [0.15, 0.2) is 17.5 Å². The Balaban J connectivity index is 0.000000262. The smallest absolute Gasteiger partial charge is 0.159 e. The Kier molecular flexibility index (Phi) is 40.6. The van der Waals surface area contributed by atoms with Gasteiger partial charge in [0.2, 0.25) is 0 Å². The van der Waals surface area contributed by atoms with Crippen LogP contribution in [0.1, 0.15) is 251 Å². The van der Waals surface area contributed by atoms with Gasteiger partial charge in [-0.25, -0.2) is 29.9 Å². The Hall–Kier alpha value is -4.05. The fourth-order valence-corrected chi connectivity index (χ4v) is 12.2. The van der Waals surface area contributed by atoms with Gasteiger partial charge in [0.25, 0.3) is 0 Å². The largest absolute Gasteiger partial charge is 0.236 e. The van der Waals surface area contributed by atoms with Crippen LogP contribution >= 0.6 is 35.3 Å². The van der Waals surface area contributed by atoms with Crippen molar-refractivity contribution in [2.24, 2.45) is 0 Å². The fourth-order valence-electron chi connectivity index (χ4n) is 9.48. The predicted molar refractivity (Wildman–Crippen MR) is 358 cm³/mol. The fraction of sp³-hybridized carbons (Fsp3) is 0.583. The van der Waals surface area contributed by atoms with E-state index >= 15 is 0 Å². The lowest BCUT2D eigenvalue weighted by Crippen LogP contribution is -1.93. The van der Waals surface area contributed by atoms with E-state index in [-0.39, 0.29) is 0 Å². The number of hydrogen-bond acceptors (Lipinski definition) is 9. The summed E-state index contributed by atoms with van der Waals surface area (Å²) in [4.78, 5) is 31.5. The zero-order valence-electron chi connectivity index (χ0n) is 51.8. The summed E-state index contributed by atoms with van der Waals surface area (Å²) in [5.41, 5.74) is 7.10. The third-order valence-corrected chi connectivity index (χ3v) is 18.0. The molecule has 0 aliphatic rings. The van der Waals surface area contributed by atoms with Gasteiger partial charge in [-0.15, -0.1) is 35.3 Å². The zero-order chi connectivity index (χ0) is 57.5. The van der Waals surface area contributed by atoms with Crippen LogP contribution in [0.3, 0.4) is 0 Å². The van der Waals surface area contributed by atoms with Crippen molar-refractivity contribution in [3.8, 4) is 34.2 Å². The van der Waals surface area contributed by atoms with E-state index in [0.717, 1.165) is 53.4 Å². The molecular weight excluding hydrogens is 1050 g/mol. The summed E-state index contributed by atoms with van der Waals surface area (Å²) >= 11 is 5.83. The van der Waals surface area contributed by atoms with Gasteiger partial charge in [0, 0.05) is 68.6 Å². The van der Waals surface area contributed by atoms with E-state index in [1.807, 2.05) is 72.5 Å². The third-order valence-electron chi connectivity index (χ3n) is 14.7. The van der Waals surface area contributed by atoms with Crippen molar-refractivity contribution >= 4 is 35.3 Å². The molecule has 81 heavy (non-hydrogen) atoms. The molecule has 6 nitrogen and oxygen atoms in total. The molecule has 0 radical (unpaired) electrons. The molecule has 3 heterocycles. The predicted octanol–water partition coefficient (Wildman–Crippen LogP) is 23.2. The normalized spacial score (nSPS) is 11.0. The van der Waals surface area contributed by atoms with Crippen molar-refractivity contribution in [2.45, 2.75) is 268 Å². The minimum atomic E-state index is 0.833. The van der Waals surface area contributed by atoms with Gasteiger partial charge >= 0.3 is 0 Å². The Morgan fingerprint density at radius 3 is 0.654 bits per heavy atom. The van der Waals surface area contributed by atoms with Crippen LogP contribution in [0.4, 0.5) is 0 Å². The molecule has 3 aromatic carbocycles. The SMILES string of the molecule is CCCCCCCCCCc1cnc(-c2ccc(SCCCCC)cc2)nc1.CCCCCCCCCc1cnc(-c2ccc(SCCCCC)cc2)nc1.CCCCCCCCc1cnc(-c2ccc(SCCCCC)cc2)nc1. The number of unbranched alkanes of at least 4 members (excludes halogenated alkanes) is 24. The summed E-state index contributed by atoms with van der Waals surface area (Å²) in [6, 6.07) is 26.1. The Morgan fingerprint density at radius 1 is 0.235 bits per heavy atom. The second-order valence-electron chi connectivity index (χ2n) is 22.1. The molecule has 0 aliphatic carbocycles. The lowest BCUT2D eigenvalue weighted by molar-refractivity contribution is 0.575. The first kappa shape index (κ1) is 69.4. The number of nitrogens with zero attached hydrogens (tertiary/aromatic N) is 6. The summed E-state index contributed by atoms with van der Waals surface area (Å²) in [6.45, 7) is 13.6. The van der Waals surface area contributed by atoms with Gasteiger partial charge in [-0.2, -0.15) is 0 Å². The van der Waals surface area contributed by atoms with E-state index in [0.29, 0.717) is 0 Å². The second kappa shape index (κ2) is 47.3. The minimum Gasteiger partial charge on any atom is -0.236 e. The second-order valence-corrected chi connectivity index (χ2v) is 25.6. The molecule has 0 atom stereocenters. The van der Waals surface area contributed by atoms with Gasteiger partial charge in [-0.3, -0.25) is 0 Å². The molecule has 0 amide bonds. The molecular formula is C72H108N6S3. The van der Waals surface area contributed by atoms with E-state index in [9.17, 15) is 0 Å². The number of thioether (sulfide) groups is 3. The lowest BCUT2D eigenvalue weighted by Gasteiger charge is -2.05. The van der Waals surface area contributed by atoms with Crippen molar-refractivity contribution < 1.29 is 0 Å². The molecule has 0 saturated carbocycles. The van der Waals surface area contributed by atoms with Crippen LogP contribution in [-0.2, 0) is 19.3 Å². The van der Waals surface area contributed by atoms with E-state index in [1.54, 1.807) is 0 Å². The highest BCUT2D eigenvalue weighted by Gasteiger charge is 2.07. The highest BCUT2D eigenvalue weighted by Crippen LogP contribution is 2.27. The topological polar surface area (TPSA) is 77.3 Å². The Labute approximate surface area is 508 Å². The maximum absolute atomic E-state index is 4.60. The quantitative estimate of drug-likeness (QED) is 0.0275. The number of aryl methyl sites for hydroxylation is 3. The number of benzene rings is 3. The van der Waals surface area contributed by atoms with E-state index in [4.69, 9.17) is 0 Å². The monoisotopic (exact) mass is 1150 g/mol.